The van der Waals surface area contributed by atoms with Gasteiger partial charge in [0.2, 0.25) is 0 Å². The van der Waals surface area contributed by atoms with Crippen LogP contribution in [0.4, 0.5) is 11.4 Å². The molecule has 4 heteroatoms. The zero-order chi connectivity index (χ0) is 14.9. The van der Waals surface area contributed by atoms with Crippen LogP contribution in [0, 0.1) is 6.92 Å². The van der Waals surface area contributed by atoms with Crippen molar-refractivity contribution in [2.75, 3.05) is 31.7 Å². The van der Waals surface area contributed by atoms with E-state index in [9.17, 15) is 0 Å². The van der Waals surface area contributed by atoms with Crippen molar-refractivity contribution in [3.63, 3.8) is 0 Å². The van der Waals surface area contributed by atoms with Crippen LogP contribution in [0.15, 0.2) is 24.3 Å². The Morgan fingerprint density at radius 2 is 1.95 bits per heavy atom. The van der Waals surface area contributed by atoms with E-state index in [2.05, 4.69) is 49.2 Å². The first-order chi connectivity index (χ1) is 9.29. The molecule has 0 saturated carbocycles. The van der Waals surface area contributed by atoms with Crippen molar-refractivity contribution in [3.8, 4) is 0 Å². The second kappa shape index (κ2) is 5.29. The van der Waals surface area contributed by atoms with Gasteiger partial charge >= 0.3 is 0 Å². The molecule has 1 heterocycles. The van der Waals surface area contributed by atoms with Crippen LogP contribution in [0.25, 0.3) is 10.9 Å². The van der Waals surface area contributed by atoms with Crippen LogP contribution >= 0.6 is 0 Å². The molecule has 2 rings (SSSR count). The number of nitrogens with zero attached hydrogens (tertiary/aromatic N) is 2. The van der Waals surface area contributed by atoms with Gasteiger partial charge in [0.25, 0.3) is 0 Å². The molecule has 0 radical (unpaired) electrons. The Balaban J connectivity index is 2.36. The topological polar surface area (TPSA) is 54.2 Å². The van der Waals surface area contributed by atoms with Crippen LogP contribution in [-0.4, -0.2) is 36.1 Å². The highest BCUT2D eigenvalue weighted by Gasteiger charge is 2.20. The highest BCUT2D eigenvalue weighted by molar-refractivity contribution is 5.93. The lowest BCUT2D eigenvalue weighted by Gasteiger charge is -2.33. The van der Waals surface area contributed by atoms with Crippen LogP contribution in [0.3, 0.4) is 0 Å². The second-order valence-electron chi connectivity index (χ2n) is 6.15. The lowest BCUT2D eigenvalue weighted by Crippen LogP contribution is -2.44. The second-order valence-corrected chi connectivity index (χ2v) is 6.15. The molecular formula is C16H24N4. The maximum Gasteiger partial charge on any atom is 0.0727 e. The summed E-state index contributed by atoms with van der Waals surface area (Å²) in [5.41, 5.74) is 9.81. The third kappa shape index (κ3) is 3.02. The van der Waals surface area contributed by atoms with Crippen molar-refractivity contribution in [1.29, 1.82) is 0 Å². The average Bonchev–Trinajstić information content (AvgIpc) is 2.36. The van der Waals surface area contributed by atoms with Crippen molar-refractivity contribution in [3.05, 3.63) is 30.0 Å². The predicted octanol–water partition coefficient (Wildman–Crippen LogP) is 2.88. The Hall–Kier alpha value is -1.81. The predicted molar refractivity (Wildman–Crippen MR) is 87.1 cm³/mol. The van der Waals surface area contributed by atoms with Gasteiger partial charge in [-0.1, -0.05) is 0 Å². The number of fused-ring (bicyclic) bond motifs is 1. The molecule has 2 aromatic rings. The SMILES string of the molecule is Cc1cc(NCC(C)(C)N(C)C)c2cc(N)ccc2n1. The zero-order valence-corrected chi connectivity index (χ0v) is 13.0. The van der Waals surface area contributed by atoms with Gasteiger partial charge in [-0.25, -0.2) is 0 Å². The Bertz CT molecular complexity index is 617. The molecule has 0 aliphatic carbocycles. The van der Waals surface area contributed by atoms with E-state index in [0.717, 1.165) is 34.5 Å². The first-order valence-electron chi connectivity index (χ1n) is 6.88. The minimum atomic E-state index is 0.0732. The van der Waals surface area contributed by atoms with Gasteiger partial charge in [0.1, 0.15) is 0 Å². The number of aromatic nitrogens is 1. The van der Waals surface area contributed by atoms with Gasteiger partial charge in [-0.15, -0.1) is 0 Å². The number of rotatable bonds is 4. The number of likely N-dealkylation sites (N-methyl/N-ethyl adjacent to an activating group) is 1. The summed E-state index contributed by atoms with van der Waals surface area (Å²) in [5.74, 6) is 0. The van der Waals surface area contributed by atoms with Gasteiger partial charge in [-0.05, 0) is 59.1 Å². The lowest BCUT2D eigenvalue weighted by atomic mass is 10.0. The monoisotopic (exact) mass is 272 g/mol. The molecular weight excluding hydrogens is 248 g/mol. The van der Waals surface area contributed by atoms with Crippen molar-refractivity contribution in [2.24, 2.45) is 0 Å². The molecule has 4 nitrogen and oxygen atoms in total. The molecule has 0 aliphatic rings. The largest absolute Gasteiger partial charge is 0.399 e. The standard InChI is InChI=1S/C16H24N4/c1-11-8-15(18-10-16(2,3)20(4)5)13-9-12(17)6-7-14(13)19-11/h6-9H,10,17H2,1-5H3,(H,18,19). The molecule has 1 aromatic carbocycles. The van der Waals surface area contributed by atoms with Crippen LogP contribution in [0.2, 0.25) is 0 Å². The molecule has 0 aliphatic heterocycles. The number of anilines is 2. The number of nitrogens with one attached hydrogen (secondary N) is 1. The third-order valence-electron chi connectivity index (χ3n) is 3.88. The first-order valence-corrected chi connectivity index (χ1v) is 6.88. The molecule has 0 spiro atoms. The molecule has 0 fully saturated rings. The zero-order valence-electron chi connectivity index (χ0n) is 13.0. The molecule has 1 aromatic heterocycles. The minimum absolute atomic E-state index is 0.0732. The number of hydrogen-bond acceptors (Lipinski definition) is 4. The van der Waals surface area contributed by atoms with E-state index in [0.29, 0.717) is 0 Å². The highest BCUT2D eigenvalue weighted by Crippen LogP contribution is 2.26. The number of hydrogen-bond donors (Lipinski definition) is 2. The molecule has 108 valence electrons. The molecule has 0 bridgehead atoms. The van der Waals surface area contributed by atoms with Gasteiger partial charge in [-0.2, -0.15) is 0 Å². The Kier molecular flexibility index (Phi) is 3.86. The number of pyridine rings is 1. The maximum atomic E-state index is 5.90. The van der Waals surface area contributed by atoms with E-state index in [4.69, 9.17) is 5.73 Å². The fraction of sp³-hybridized carbons (Fsp3) is 0.438. The molecule has 0 amide bonds. The third-order valence-corrected chi connectivity index (χ3v) is 3.88. The van der Waals surface area contributed by atoms with Crippen LogP contribution in [0.5, 0.6) is 0 Å². The normalized spacial score (nSPS) is 12.1. The smallest absolute Gasteiger partial charge is 0.0727 e. The summed E-state index contributed by atoms with van der Waals surface area (Å²) in [6.45, 7) is 7.29. The van der Waals surface area contributed by atoms with Gasteiger partial charge in [-0.3, -0.25) is 4.98 Å². The summed E-state index contributed by atoms with van der Waals surface area (Å²) in [6, 6.07) is 7.92. The Morgan fingerprint density at radius 1 is 1.25 bits per heavy atom. The van der Waals surface area contributed by atoms with E-state index in [1.807, 2.05) is 25.1 Å². The molecule has 0 atom stereocenters. The summed E-state index contributed by atoms with van der Waals surface area (Å²) in [4.78, 5) is 6.76. The number of nitrogen functional groups attached to an aromatic ring is 1. The minimum Gasteiger partial charge on any atom is -0.399 e. The fourth-order valence-electron chi connectivity index (χ4n) is 1.99. The summed E-state index contributed by atoms with van der Waals surface area (Å²) < 4.78 is 0. The maximum absolute atomic E-state index is 5.90. The molecule has 20 heavy (non-hydrogen) atoms. The quantitative estimate of drug-likeness (QED) is 0.840. The first kappa shape index (κ1) is 14.6. The van der Waals surface area contributed by atoms with E-state index in [1.54, 1.807) is 0 Å². The van der Waals surface area contributed by atoms with E-state index < -0.39 is 0 Å². The fourth-order valence-corrected chi connectivity index (χ4v) is 1.99. The Labute approximate surface area is 121 Å². The summed E-state index contributed by atoms with van der Waals surface area (Å²) in [6.07, 6.45) is 0. The molecule has 0 unspecified atom stereocenters. The Morgan fingerprint density at radius 3 is 2.60 bits per heavy atom. The van der Waals surface area contributed by atoms with Gasteiger partial charge in [0.15, 0.2) is 0 Å². The van der Waals surface area contributed by atoms with Gasteiger partial charge < -0.3 is 16.0 Å². The van der Waals surface area contributed by atoms with E-state index in [1.165, 1.54) is 0 Å². The summed E-state index contributed by atoms with van der Waals surface area (Å²) >= 11 is 0. The molecule has 3 N–H and O–H groups in total. The van der Waals surface area contributed by atoms with Crippen molar-refractivity contribution in [1.82, 2.24) is 9.88 Å². The number of benzene rings is 1. The highest BCUT2D eigenvalue weighted by atomic mass is 15.2. The van der Waals surface area contributed by atoms with Crippen molar-refractivity contribution >= 4 is 22.3 Å². The van der Waals surface area contributed by atoms with Crippen molar-refractivity contribution < 1.29 is 0 Å². The van der Waals surface area contributed by atoms with Crippen LogP contribution in [0.1, 0.15) is 19.5 Å². The van der Waals surface area contributed by atoms with Crippen LogP contribution in [-0.2, 0) is 0 Å². The van der Waals surface area contributed by atoms with Crippen LogP contribution < -0.4 is 11.1 Å². The summed E-state index contributed by atoms with van der Waals surface area (Å²) in [5, 5.41) is 4.61. The average molecular weight is 272 g/mol. The van der Waals surface area contributed by atoms with E-state index in [-0.39, 0.29) is 5.54 Å². The molecule has 0 saturated heterocycles. The van der Waals surface area contributed by atoms with Crippen molar-refractivity contribution in [2.45, 2.75) is 26.3 Å². The number of nitrogens with two attached hydrogens (primary N) is 1. The van der Waals surface area contributed by atoms with E-state index >= 15 is 0 Å². The van der Waals surface area contributed by atoms with Gasteiger partial charge in [0.05, 0.1) is 5.52 Å². The number of aryl methyl sites for hydroxylation is 1. The van der Waals surface area contributed by atoms with Gasteiger partial charge in [0, 0.05) is 34.5 Å². The summed E-state index contributed by atoms with van der Waals surface area (Å²) in [7, 11) is 4.19. The lowest BCUT2D eigenvalue weighted by molar-refractivity contribution is 0.210.